The van der Waals surface area contributed by atoms with E-state index >= 15 is 0 Å². The van der Waals surface area contributed by atoms with E-state index in [1.165, 1.54) is 12.3 Å². The molecule has 0 amide bonds. The molecule has 0 aliphatic carbocycles. The van der Waals surface area contributed by atoms with Crippen LogP contribution in [0.1, 0.15) is 42.1 Å². The van der Waals surface area contributed by atoms with Crippen molar-refractivity contribution in [2.45, 2.75) is 26.2 Å². The molecule has 5 nitrogen and oxygen atoms in total. The van der Waals surface area contributed by atoms with Gasteiger partial charge in [-0.05, 0) is 61.0 Å². The lowest BCUT2D eigenvalue weighted by Crippen LogP contribution is -2.08. The molecule has 31 heavy (non-hydrogen) atoms. The van der Waals surface area contributed by atoms with Crippen molar-refractivity contribution in [1.82, 2.24) is 0 Å². The van der Waals surface area contributed by atoms with Crippen LogP contribution in [0.25, 0.3) is 0 Å². The molecule has 0 fully saturated rings. The van der Waals surface area contributed by atoms with Crippen LogP contribution in [0.3, 0.4) is 0 Å². The zero-order valence-electron chi connectivity index (χ0n) is 17.3. The number of rotatable bonds is 9. The van der Waals surface area contributed by atoms with Gasteiger partial charge in [0.2, 0.25) is 0 Å². The summed E-state index contributed by atoms with van der Waals surface area (Å²) in [5.41, 5.74) is 1.55. The number of hydrogen-bond acceptors (Lipinski definition) is 5. The number of carbonyl (C=O) groups is 1. The van der Waals surface area contributed by atoms with E-state index in [-0.39, 0.29) is 11.5 Å². The fourth-order valence-electron chi connectivity index (χ4n) is 2.79. The van der Waals surface area contributed by atoms with Crippen molar-refractivity contribution < 1.29 is 19.4 Å². The Bertz CT molecular complexity index is 1050. The van der Waals surface area contributed by atoms with Crippen LogP contribution in [0.4, 0.5) is 5.69 Å². The molecule has 0 heterocycles. The summed E-state index contributed by atoms with van der Waals surface area (Å²) in [4.78, 5) is 16.7. The highest BCUT2D eigenvalue weighted by Gasteiger charge is 2.10. The number of nitrogens with zero attached hydrogens (tertiary/aromatic N) is 1. The second-order valence-corrected chi connectivity index (χ2v) is 7.36. The summed E-state index contributed by atoms with van der Waals surface area (Å²) >= 11 is 5.94. The first-order valence-electron chi connectivity index (χ1n) is 10.1. The van der Waals surface area contributed by atoms with Gasteiger partial charge in [-0.15, -0.1) is 0 Å². The summed E-state index contributed by atoms with van der Waals surface area (Å²) in [5.74, 6) is 0.389. The highest BCUT2D eigenvalue weighted by molar-refractivity contribution is 6.30. The fraction of sp³-hybridized carbons (Fsp3) is 0.200. The molecule has 0 atom stereocenters. The number of phenols is 1. The second kappa shape index (κ2) is 11.2. The predicted molar refractivity (Wildman–Crippen MR) is 123 cm³/mol. The summed E-state index contributed by atoms with van der Waals surface area (Å²) in [7, 11) is 0. The molecule has 0 saturated heterocycles. The second-order valence-electron chi connectivity index (χ2n) is 6.93. The van der Waals surface area contributed by atoms with Crippen molar-refractivity contribution in [3.05, 3.63) is 82.9 Å². The zero-order valence-corrected chi connectivity index (χ0v) is 18.0. The summed E-state index contributed by atoms with van der Waals surface area (Å²) < 4.78 is 11.0. The van der Waals surface area contributed by atoms with Gasteiger partial charge in [-0.1, -0.05) is 37.4 Å². The van der Waals surface area contributed by atoms with E-state index in [0.717, 1.165) is 19.3 Å². The molecule has 0 unspecified atom stereocenters. The summed E-state index contributed by atoms with van der Waals surface area (Å²) in [5, 5.41) is 10.8. The Balaban J connectivity index is 1.59. The highest BCUT2D eigenvalue weighted by atomic mass is 35.5. The molecule has 3 aromatic carbocycles. The lowest BCUT2D eigenvalue weighted by Gasteiger charge is -2.08. The molecule has 3 aromatic rings. The normalized spacial score (nSPS) is 10.9. The Hall–Kier alpha value is -3.31. The highest BCUT2D eigenvalue weighted by Crippen LogP contribution is 2.25. The summed E-state index contributed by atoms with van der Waals surface area (Å²) in [6, 6.07) is 18.5. The predicted octanol–water partition coefficient (Wildman–Crippen LogP) is 6.58. The van der Waals surface area contributed by atoms with Crippen molar-refractivity contribution >= 4 is 29.5 Å². The average Bonchev–Trinajstić information content (AvgIpc) is 2.77. The number of halogens is 1. The van der Waals surface area contributed by atoms with Crippen LogP contribution in [0.2, 0.25) is 5.02 Å². The first kappa shape index (κ1) is 22.4. The molecule has 1 N–H and O–H groups in total. The minimum Gasteiger partial charge on any atom is -0.507 e. The van der Waals surface area contributed by atoms with Crippen molar-refractivity contribution in [3.63, 3.8) is 0 Å². The molecule has 0 aromatic heterocycles. The van der Waals surface area contributed by atoms with Gasteiger partial charge < -0.3 is 14.6 Å². The molecular formula is C25H24ClNO4. The van der Waals surface area contributed by atoms with Crippen molar-refractivity contribution in [2.24, 2.45) is 4.99 Å². The first-order chi connectivity index (χ1) is 15.0. The average molecular weight is 438 g/mol. The number of benzene rings is 3. The molecule has 0 bridgehead atoms. The standard InChI is InChI=1S/C25H24ClNO4/c1-2-3-4-14-30-22-11-8-18(9-12-22)25(29)31-23-13-10-19(24(28)16-23)17-27-21-7-5-6-20(26)15-21/h5-13,15-17,28H,2-4,14H2,1H3. The van der Waals surface area contributed by atoms with Gasteiger partial charge in [0.15, 0.2) is 0 Å². The van der Waals surface area contributed by atoms with E-state index in [0.29, 0.717) is 34.2 Å². The number of aliphatic imine (C=N–C) groups is 1. The topological polar surface area (TPSA) is 68.1 Å². The van der Waals surface area contributed by atoms with Crippen LogP contribution in [0.5, 0.6) is 17.2 Å². The number of phenolic OH excluding ortho intramolecular Hbond substituents is 1. The third kappa shape index (κ3) is 6.86. The SMILES string of the molecule is CCCCCOc1ccc(C(=O)Oc2ccc(C=Nc3cccc(Cl)c3)c(O)c2)cc1. The van der Waals surface area contributed by atoms with E-state index in [2.05, 4.69) is 11.9 Å². The van der Waals surface area contributed by atoms with Crippen LogP contribution in [0.15, 0.2) is 71.7 Å². The maximum Gasteiger partial charge on any atom is 0.343 e. The number of carbonyl (C=O) groups excluding carboxylic acids is 1. The molecule has 0 saturated carbocycles. The van der Waals surface area contributed by atoms with Crippen LogP contribution >= 0.6 is 11.6 Å². The van der Waals surface area contributed by atoms with Gasteiger partial charge in [-0.25, -0.2) is 4.79 Å². The summed E-state index contributed by atoms with van der Waals surface area (Å²) in [6.07, 6.45) is 4.79. The van der Waals surface area contributed by atoms with Crippen molar-refractivity contribution in [2.75, 3.05) is 6.61 Å². The number of unbranched alkanes of at least 4 members (excludes halogenated alkanes) is 2. The summed E-state index contributed by atoms with van der Waals surface area (Å²) in [6.45, 7) is 2.80. The van der Waals surface area contributed by atoms with Gasteiger partial charge in [0.05, 0.1) is 17.9 Å². The molecule has 0 aliphatic rings. The number of aromatic hydroxyl groups is 1. The molecule has 3 rings (SSSR count). The maximum atomic E-state index is 12.4. The smallest absolute Gasteiger partial charge is 0.343 e. The van der Waals surface area contributed by atoms with E-state index in [9.17, 15) is 9.90 Å². The monoisotopic (exact) mass is 437 g/mol. The fourth-order valence-corrected chi connectivity index (χ4v) is 2.98. The van der Waals surface area contributed by atoms with E-state index in [1.54, 1.807) is 60.7 Å². The van der Waals surface area contributed by atoms with E-state index in [1.807, 2.05) is 0 Å². The van der Waals surface area contributed by atoms with Crippen molar-refractivity contribution in [1.29, 1.82) is 0 Å². The van der Waals surface area contributed by atoms with Crippen LogP contribution in [0, 0.1) is 0 Å². The van der Waals surface area contributed by atoms with Crippen LogP contribution in [-0.4, -0.2) is 23.9 Å². The van der Waals surface area contributed by atoms with Crippen LogP contribution < -0.4 is 9.47 Å². The van der Waals surface area contributed by atoms with E-state index in [4.69, 9.17) is 21.1 Å². The lowest BCUT2D eigenvalue weighted by molar-refractivity contribution is 0.0734. The lowest BCUT2D eigenvalue weighted by atomic mass is 10.2. The molecule has 0 radical (unpaired) electrons. The Morgan fingerprint density at radius 1 is 1.03 bits per heavy atom. The third-order valence-electron chi connectivity index (χ3n) is 4.48. The Morgan fingerprint density at radius 3 is 2.52 bits per heavy atom. The van der Waals surface area contributed by atoms with Gasteiger partial charge in [0, 0.05) is 22.9 Å². The largest absolute Gasteiger partial charge is 0.507 e. The molecule has 6 heteroatoms. The molecular weight excluding hydrogens is 414 g/mol. The molecule has 0 spiro atoms. The van der Waals surface area contributed by atoms with Gasteiger partial charge in [-0.2, -0.15) is 0 Å². The zero-order chi connectivity index (χ0) is 22.1. The van der Waals surface area contributed by atoms with Crippen LogP contribution in [-0.2, 0) is 0 Å². The van der Waals surface area contributed by atoms with Gasteiger partial charge in [0.1, 0.15) is 17.2 Å². The Kier molecular flexibility index (Phi) is 8.07. The Labute approximate surface area is 186 Å². The number of esters is 1. The van der Waals surface area contributed by atoms with Gasteiger partial charge in [-0.3, -0.25) is 4.99 Å². The maximum absolute atomic E-state index is 12.4. The van der Waals surface area contributed by atoms with Gasteiger partial charge in [0.25, 0.3) is 0 Å². The number of hydrogen-bond donors (Lipinski definition) is 1. The first-order valence-corrected chi connectivity index (χ1v) is 10.5. The molecule has 160 valence electrons. The number of ether oxygens (including phenoxy) is 2. The van der Waals surface area contributed by atoms with Crippen molar-refractivity contribution in [3.8, 4) is 17.2 Å². The molecule has 0 aliphatic heterocycles. The minimum absolute atomic E-state index is 0.0492. The quantitative estimate of drug-likeness (QED) is 0.177. The van der Waals surface area contributed by atoms with E-state index < -0.39 is 5.97 Å². The third-order valence-corrected chi connectivity index (χ3v) is 4.72. The minimum atomic E-state index is -0.516. The Morgan fingerprint density at radius 2 is 1.81 bits per heavy atom. The van der Waals surface area contributed by atoms with Gasteiger partial charge >= 0.3 is 5.97 Å².